The molecule has 0 spiro atoms. The molecule has 0 saturated carbocycles. The molecule has 2 heterocycles. The maximum atomic E-state index is 10.4. The Bertz CT molecular complexity index is 392. The summed E-state index contributed by atoms with van der Waals surface area (Å²) in [5.74, 6) is 0. The Labute approximate surface area is 87.5 Å². The number of aryl methyl sites for hydroxylation is 1. The first kappa shape index (κ1) is 9.76. The van der Waals surface area contributed by atoms with Crippen LogP contribution in [0.5, 0.6) is 0 Å². The normalized spacial score (nSPS) is 18.9. The lowest BCUT2D eigenvalue weighted by atomic mass is 10.0. The molecule has 1 aromatic rings. The van der Waals surface area contributed by atoms with Crippen LogP contribution >= 0.6 is 0 Å². The van der Waals surface area contributed by atoms with E-state index in [9.17, 15) is 4.79 Å². The Morgan fingerprint density at radius 1 is 1.73 bits per heavy atom. The molecule has 1 unspecified atom stereocenters. The summed E-state index contributed by atoms with van der Waals surface area (Å²) < 4.78 is 0. The van der Waals surface area contributed by atoms with Crippen LogP contribution in [-0.2, 0) is 6.42 Å². The van der Waals surface area contributed by atoms with Gasteiger partial charge in [0.1, 0.15) is 0 Å². The molecule has 1 atom stereocenters. The third-order valence-electron chi connectivity index (χ3n) is 2.44. The highest BCUT2D eigenvalue weighted by Crippen LogP contribution is 2.25. The lowest BCUT2D eigenvalue weighted by Gasteiger charge is -2.23. The molecule has 15 heavy (non-hydrogen) atoms. The summed E-state index contributed by atoms with van der Waals surface area (Å²) >= 11 is 0. The van der Waals surface area contributed by atoms with E-state index in [1.54, 1.807) is 12.3 Å². The van der Waals surface area contributed by atoms with E-state index in [0.29, 0.717) is 11.7 Å². The Kier molecular flexibility index (Phi) is 2.45. The predicted octanol–water partition coefficient (Wildman–Crippen LogP) is 1.92. The lowest BCUT2D eigenvalue weighted by Crippen LogP contribution is -2.23. The van der Waals surface area contributed by atoms with E-state index in [1.165, 1.54) is 0 Å². The third-order valence-corrected chi connectivity index (χ3v) is 2.44. The van der Waals surface area contributed by atoms with Gasteiger partial charge in [-0.25, -0.2) is 4.79 Å². The van der Waals surface area contributed by atoms with Crippen molar-refractivity contribution in [1.82, 2.24) is 4.98 Å². The second kappa shape index (κ2) is 3.76. The van der Waals surface area contributed by atoms with Gasteiger partial charge in [0.25, 0.3) is 0 Å². The van der Waals surface area contributed by atoms with Gasteiger partial charge in [-0.2, -0.15) is 0 Å². The van der Waals surface area contributed by atoms with Gasteiger partial charge in [0.15, 0.2) is 0 Å². The van der Waals surface area contributed by atoms with Crippen LogP contribution in [0.3, 0.4) is 0 Å². The SMILES string of the molecule is CC1CCc2ncc(NC(=O)O)cc2N1. The first-order valence-electron chi connectivity index (χ1n) is 4.90. The molecular formula is C10H13N3O2. The summed E-state index contributed by atoms with van der Waals surface area (Å²) in [5, 5.41) is 14.1. The van der Waals surface area contributed by atoms with E-state index in [2.05, 4.69) is 22.5 Å². The van der Waals surface area contributed by atoms with Crippen molar-refractivity contribution in [2.75, 3.05) is 10.6 Å². The second-order valence-electron chi connectivity index (χ2n) is 3.73. The van der Waals surface area contributed by atoms with E-state index in [0.717, 1.165) is 24.2 Å². The van der Waals surface area contributed by atoms with Gasteiger partial charge in [0, 0.05) is 6.04 Å². The van der Waals surface area contributed by atoms with Crippen molar-refractivity contribution >= 4 is 17.5 Å². The smallest absolute Gasteiger partial charge is 0.409 e. The minimum absolute atomic E-state index is 0.416. The molecule has 0 radical (unpaired) electrons. The summed E-state index contributed by atoms with van der Waals surface area (Å²) in [6, 6.07) is 2.20. The number of carbonyl (C=O) groups is 1. The van der Waals surface area contributed by atoms with Crippen molar-refractivity contribution in [1.29, 1.82) is 0 Å². The van der Waals surface area contributed by atoms with Gasteiger partial charge in [-0.1, -0.05) is 0 Å². The number of fused-ring (bicyclic) bond motifs is 1. The number of pyridine rings is 1. The van der Waals surface area contributed by atoms with Crippen LogP contribution in [0.25, 0.3) is 0 Å². The van der Waals surface area contributed by atoms with E-state index in [4.69, 9.17) is 5.11 Å². The monoisotopic (exact) mass is 207 g/mol. The summed E-state index contributed by atoms with van der Waals surface area (Å²) in [7, 11) is 0. The number of rotatable bonds is 1. The van der Waals surface area contributed by atoms with Gasteiger partial charge < -0.3 is 10.4 Å². The zero-order chi connectivity index (χ0) is 10.8. The van der Waals surface area contributed by atoms with Crippen molar-refractivity contribution in [2.24, 2.45) is 0 Å². The van der Waals surface area contributed by atoms with Crippen LogP contribution in [0.15, 0.2) is 12.3 Å². The van der Waals surface area contributed by atoms with Crippen LogP contribution in [0.2, 0.25) is 0 Å². The van der Waals surface area contributed by atoms with E-state index >= 15 is 0 Å². The fourth-order valence-corrected chi connectivity index (χ4v) is 1.70. The molecule has 0 bridgehead atoms. The summed E-state index contributed by atoms with van der Waals surface area (Å²) in [6.07, 6.45) is 2.48. The fourth-order valence-electron chi connectivity index (χ4n) is 1.70. The topological polar surface area (TPSA) is 74.2 Å². The molecule has 0 saturated heterocycles. The number of hydrogen-bond acceptors (Lipinski definition) is 3. The van der Waals surface area contributed by atoms with Crippen LogP contribution < -0.4 is 10.6 Å². The Balaban J connectivity index is 2.24. The fraction of sp³-hybridized carbons (Fsp3) is 0.400. The lowest BCUT2D eigenvalue weighted by molar-refractivity contribution is 0.209. The molecule has 0 aromatic carbocycles. The summed E-state index contributed by atoms with van der Waals surface area (Å²) in [4.78, 5) is 14.7. The zero-order valence-electron chi connectivity index (χ0n) is 8.45. The number of anilines is 2. The number of carboxylic acid groups (broad SMARTS) is 1. The van der Waals surface area contributed by atoms with Crippen molar-refractivity contribution in [3.8, 4) is 0 Å². The average Bonchev–Trinajstić information content (AvgIpc) is 2.16. The average molecular weight is 207 g/mol. The Hall–Kier alpha value is -1.78. The van der Waals surface area contributed by atoms with Gasteiger partial charge in [0.2, 0.25) is 0 Å². The third kappa shape index (κ3) is 2.18. The highest BCUT2D eigenvalue weighted by atomic mass is 16.4. The first-order chi connectivity index (χ1) is 7.15. The van der Waals surface area contributed by atoms with Gasteiger partial charge in [0.05, 0.1) is 23.3 Å². The van der Waals surface area contributed by atoms with Crippen LogP contribution in [0.1, 0.15) is 19.0 Å². The van der Waals surface area contributed by atoms with E-state index in [-0.39, 0.29) is 0 Å². The van der Waals surface area contributed by atoms with E-state index in [1.807, 2.05) is 0 Å². The highest BCUT2D eigenvalue weighted by molar-refractivity contribution is 5.83. The van der Waals surface area contributed by atoms with Crippen molar-refractivity contribution in [3.63, 3.8) is 0 Å². The largest absolute Gasteiger partial charge is 0.465 e. The molecule has 0 aliphatic carbocycles. The Morgan fingerprint density at radius 2 is 2.53 bits per heavy atom. The molecule has 1 aliphatic heterocycles. The number of nitrogens with one attached hydrogen (secondary N) is 2. The molecule has 5 nitrogen and oxygen atoms in total. The molecule has 0 fully saturated rings. The first-order valence-corrected chi connectivity index (χ1v) is 4.90. The zero-order valence-corrected chi connectivity index (χ0v) is 8.45. The van der Waals surface area contributed by atoms with E-state index < -0.39 is 6.09 Å². The second-order valence-corrected chi connectivity index (χ2v) is 3.73. The maximum Gasteiger partial charge on any atom is 0.409 e. The number of nitrogens with zero attached hydrogens (tertiary/aromatic N) is 1. The quantitative estimate of drug-likeness (QED) is 0.657. The van der Waals surface area contributed by atoms with Gasteiger partial charge >= 0.3 is 6.09 Å². The molecular weight excluding hydrogens is 194 g/mol. The Morgan fingerprint density at radius 3 is 3.27 bits per heavy atom. The van der Waals surface area contributed by atoms with Crippen LogP contribution in [0.4, 0.5) is 16.2 Å². The molecule has 80 valence electrons. The molecule has 1 amide bonds. The molecule has 1 aromatic heterocycles. The molecule has 1 aliphatic rings. The molecule has 2 rings (SSSR count). The van der Waals surface area contributed by atoms with Gasteiger partial charge in [-0.3, -0.25) is 10.3 Å². The van der Waals surface area contributed by atoms with Crippen molar-refractivity contribution in [2.45, 2.75) is 25.8 Å². The summed E-state index contributed by atoms with van der Waals surface area (Å²) in [5.41, 5.74) is 2.44. The number of amides is 1. The van der Waals surface area contributed by atoms with Gasteiger partial charge in [-0.05, 0) is 25.8 Å². The van der Waals surface area contributed by atoms with Crippen molar-refractivity contribution < 1.29 is 9.90 Å². The standard InChI is InChI=1S/C10H13N3O2/c1-6-2-3-8-9(12-6)4-7(5-11-8)13-10(14)15/h4-6,12-13H,2-3H2,1H3,(H,14,15). The predicted molar refractivity (Wildman–Crippen MR) is 57.3 cm³/mol. The number of hydrogen-bond donors (Lipinski definition) is 3. The number of aromatic nitrogens is 1. The maximum absolute atomic E-state index is 10.4. The molecule has 3 N–H and O–H groups in total. The van der Waals surface area contributed by atoms with Crippen molar-refractivity contribution in [3.05, 3.63) is 18.0 Å². The van der Waals surface area contributed by atoms with Crippen LogP contribution in [-0.4, -0.2) is 22.2 Å². The van der Waals surface area contributed by atoms with Gasteiger partial charge in [-0.15, -0.1) is 0 Å². The minimum Gasteiger partial charge on any atom is -0.465 e. The highest BCUT2D eigenvalue weighted by Gasteiger charge is 2.15. The molecule has 5 heteroatoms. The van der Waals surface area contributed by atoms with Crippen LogP contribution in [0, 0.1) is 0 Å². The minimum atomic E-state index is -1.07. The summed E-state index contributed by atoms with van der Waals surface area (Å²) in [6.45, 7) is 2.10.